The van der Waals surface area contributed by atoms with E-state index in [0.717, 1.165) is 5.69 Å². The van der Waals surface area contributed by atoms with Gasteiger partial charge in [0, 0.05) is 5.56 Å². The number of rotatable bonds is 3. The minimum Gasteiger partial charge on any atom is -0.279 e. The summed E-state index contributed by atoms with van der Waals surface area (Å²) >= 11 is 0. The molecule has 0 bridgehead atoms. The molecule has 0 spiro atoms. The number of hydrazone groups is 1. The molecular formula is C14H13FN2. The molecule has 0 atom stereocenters. The Balaban J connectivity index is 2.09. The summed E-state index contributed by atoms with van der Waals surface area (Å²) in [4.78, 5) is 0. The van der Waals surface area contributed by atoms with Crippen LogP contribution in [0.25, 0.3) is 0 Å². The molecule has 3 heteroatoms. The third-order valence-electron chi connectivity index (χ3n) is 2.39. The predicted molar refractivity (Wildman–Crippen MR) is 68.8 cm³/mol. The maximum absolute atomic E-state index is 13.6. The highest BCUT2D eigenvalue weighted by Gasteiger charge is 2.00. The fraction of sp³-hybridized carbons (Fsp3) is 0.0714. The summed E-state index contributed by atoms with van der Waals surface area (Å²) in [7, 11) is 0. The van der Waals surface area contributed by atoms with Gasteiger partial charge in [-0.05, 0) is 24.6 Å². The first-order chi connectivity index (χ1) is 8.27. The summed E-state index contributed by atoms with van der Waals surface area (Å²) in [5.74, 6) is -0.230. The zero-order chi connectivity index (χ0) is 12.1. The van der Waals surface area contributed by atoms with E-state index in [-0.39, 0.29) is 5.82 Å². The highest BCUT2D eigenvalue weighted by Crippen LogP contribution is 2.10. The van der Waals surface area contributed by atoms with E-state index in [0.29, 0.717) is 11.1 Å². The van der Waals surface area contributed by atoms with Gasteiger partial charge in [0.25, 0.3) is 0 Å². The zero-order valence-corrected chi connectivity index (χ0v) is 9.52. The average molecular weight is 228 g/mol. The lowest BCUT2D eigenvalue weighted by Gasteiger charge is -2.01. The van der Waals surface area contributed by atoms with Crippen molar-refractivity contribution in [2.24, 2.45) is 5.10 Å². The topological polar surface area (TPSA) is 24.4 Å². The van der Waals surface area contributed by atoms with Crippen LogP contribution in [-0.4, -0.2) is 6.21 Å². The van der Waals surface area contributed by atoms with Crippen LogP contribution in [0, 0.1) is 12.7 Å². The van der Waals surface area contributed by atoms with Crippen LogP contribution in [0.2, 0.25) is 0 Å². The van der Waals surface area contributed by atoms with Gasteiger partial charge in [-0.3, -0.25) is 5.43 Å². The fourth-order valence-corrected chi connectivity index (χ4v) is 1.46. The second-order valence-corrected chi connectivity index (χ2v) is 3.71. The lowest BCUT2D eigenvalue weighted by Crippen LogP contribution is -1.94. The molecule has 0 aliphatic heterocycles. The fourth-order valence-electron chi connectivity index (χ4n) is 1.46. The summed E-state index contributed by atoms with van der Waals surface area (Å²) in [5.41, 5.74) is 4.81. The van der Waals surface area contributed by atoms with E-state index in [1.165, 1.54) is 6.21 Å². The summed E-state index contributed by atoms with van der Waals surface area (Å²) < 4.78 is 13.6. The molecule has 0 saturated carbocycles. The van der Waals surface area contributed by atoms with Crippen molar-refractivity contribution in [2.45, 2.75) is 6.92 Å². The molecule has 17 heavy (non-hydrogen) atoms. The van der Waals surface area contributed by atoms with Gasteiger partial charge in [0.1, 0.15) is 5.82 Å². The highest BCUT2D eigenvalue weighted by atomic mass is 19.1. The van der Waals surface area contributed by atoms with Crippen molar-refractivity contribution in [2.75, 3.05) is 5.43 Å². The van der Waals surface area contributed by atoms with Gasteiger partial charge in [-0.25, -0.2) is 4.39 Å². The molecule has 0 heterocycles. The van der Waals surface area contributed by atoms with E-state index >= 15 is 0 Å². The number of nitrogens with zero attached hydrogens (tertiary/aromatic N) is 1. The number of hydrogen-bond acceptors (Lipinski definition) is 2. The molecule has 2 aromatic rings. The standard InChI is InChI=1S/C14H13FN2/c1-11-6-5-7-12(14(11)15)10-16-17-13-8-3-2-4-9-13/h2-10,17H,1H3. The van der Waals surface area contributed by atoms with Gasteiger partial charge in [0.2, 0.25) is 0 Å². The number of benzene rings is 2. The van der Waals surface area contributed by atoms with E-state index < -0.39 is 0 Å². The summed E-state index contributed by atoms with van der Waals surface area (Å²) in [6, 6.07) is 14.8. The molecule has 86 valence electrons. The number of halogens is 1. The maximum Gasteiger partial charge on any atom is 0.134 e. The van der Waals surface area contributed by atoms with Crippen LogP contribution < -0.4 is 5.43 Å². The minimum atomic E-state index is -0.230. The Morgan fingerprint density at radius 2 is 1.82 bits per heavy atom. The lowest BCUT2D eigenvalue weighted by atomic mass is 10.1. The SMILES string of the molecule is Cc1cccc(C=NNc2ccccc2)c1F. The zero-order valence-electron chi connectivity index (χ0n) is 9.52. The molecule has 1 N–H and O–H groups in total. The van der Waals surface area contributed by atoms with Crippen LogP contribution in [0.5, 0.6) is 0 Å². The van der Waals surface area contributed by atoms with E-state index in [9.17, 15) is 4.39 Å². The molecule has 2 nitrogen and oxygen atoms in total. The van der Waals surface area contributed by atoms with E-state index in [1.54, 1.807) is 19.1 Å². The number of aryl methyl sites for hydroxylation is 1. The Kier molecular flexibility index (Phi) is 3.50. The van der Waals surface area contributed by atoms with Crippen molar-refractivity contribution in [3.63, 3.8) is 0 Å². The van der Waals surface area contributed by atoms with Gasteiger partial charge in [-0.1, -0.05) is 36.4 Å². The monoisotopic (exact) mass is 228 g/mol. The van der Waals surface area contributed by atoms with Crippen LogP contribution >= 0.6 is 0 Å². The third-order valence-corrected chi connectivity index (χ3v) is 2.39. The molecule has 0 saturated heterocycles. The smallest absolute Gasteiger partial charge is 0.134 e. The first-order valence-electron chi connectivity index (χ1n) is 5.36. The van der Waals surface area contributed by atoms with Crippen molar-refractivity contribution < 1.29 is 4.39 Å². The van der Waals surface area contributed by atoms with Gasteiger partial charge in [-0.15, -0.1) is 0 Å². The van der Waals surface area contributed by atoms with Crippen LogP contribution in [0.1, 0.15) is 11.1 Å². The molecule has 0 radical (unpaired) electrons. The minimum absolute atomic E-state index is 0.230. The quantitative estimate of drug-likeness (QED) is 0.630. The Morgan fingerprint density at radius 3 is 2.59 bits per heavy atom. The Bertz CT molecular complexity index is 521. The second kappa shape index (κ2) is 5.25. The molecule has 0 aliphatic carbocycles. The number of para-hydroxylation sites is 1. The van der Waals surface area contributed by atoms with Gasteiger partial charge in [0.05, 0.1) is 11.9 Å². The molecule has 0 unspecified atom stereocenters. The molecule has 0 amide bonds. The molecule has 0 aromatic heterocycles. The average Bonchev–Trinajstić information content (AvgIpc) is 2.36. The predicted octanol–water partition coefficient (Wildman–Crippen LogP) is 3.58. The van der Waals surface area contributed by atoms with Crippen LogP contribution in [0.4, 0.5) is 10.1 Å². The van der Waals surface area contributed by atoms with Gasteiger partial charge < -0.3 is 0 Å². The normalized spacial score (nSPS) is 10.7. The van der Waals surface area contributed by atoms with Gasteiger partial charge in [-0.2, -0.15) is 5.10 Å². The van der Waals surface area contributed by atoms with Gasteiger partial charge in [0.15, 0.2) is 0 Å². The number of hydrogen-bond donors (Lipinski definition) is 1. The van der Waals surface area contributed by atoms with Crippen molar-refractivity contribution in [3.05, 3.63) is 65.5 Å². The van der Waals surface area contributed by atoms with Crippen molar-refractivity contribution in [1.82, 2.24) is 0 Å². The summed E-state index contributed by atoms with van der Waals surface area (Å²) in [6.45, 7) is 1.73. The molecule has 0 fully saturated rings. The van der Waals surface area contributed by atoms with Crippen molar-refractivity contribution >= 4 is 11.9 Å². The van der Waals surface area contributed by atoms with E-state index in [1.807, 2.05) is 36.4 Å². The maximum atomic E-state index is 13.6. The van der Waals surface area contributed by atoms with Crippen LogP contribution in [0.3, 0.4) is 0 Å². The highest BCUT2D eigenvalue weighted by molar-refractivity contribution is 5.80. The first-order valence-corrected chi connectivity index (χ1v) is 5.36. The van der Waals surface area contributed by atoms with Crippen molar-refractivity contribution in [1.29, 1.82) is 0 Å². The summed E-state index contributed by atoms with van der Waals surface area (Å²) in [5, 5.41) is 4.00. The molecule has 0 aliphatic rings. The molecule has 2 aromatic carbocycles. The first kappa shape index (κ1) is 11.3. The van der Waals surface area contributed by atoms with Crippen LogP contribution in [-0.2, 0) is 0 Å². The third kappa shape index (κ3) is 2.91. The number of nitrogens with one attached hydrogen (secondary N) is 1. The largest absolute Gasteiger partial charge is 0.279 e. The Hall–Kier alpha value is -2.16. The second-order valence-electron chi connectivity index (χ2n) is 3.71. The van der Waals surface area contributed by atoms with Crippen LogP contribution in [0.15, 0.2) is 53.6 Å². The molecule has 2 rings (SSSR count). The van der Waals surface area contributed by atoms with E-state index in [2.05, 4.69) is 10.5 Å². The Morgan fingerprint density at radius 1 is 1.06 bits per heavy atom. The number of anilines is 1. The van der Waals surface area contributed by atoms with E-state index in [4.69, 9.17) is 0 Å². The van der Waals surface area contributed by atoms with Crippen molar-refractivity contribution in [3.8, 4) is 0 Å². The summed E-state index contributed by atoms with van der Waals surface area (Å²) in [6.07, 6.45) is 1.48. The Labute approximate surface area is 99.8 Å². The molecular weight excluding hydrogens is 215 g/mol. The lowest BCUT2D eigenvalue weighted by molar-refractivity contribution is 0.616. The van der Waals surface area contributed by atoms with Gasteiger partial charge >= 0.3 is 0 Å².